The summed E-state index contributed by atoms with van der Waals surface area (Å²) in [6, 6.07) is 4.85. The molecule has 5 nitrogen and oxygen atoms in total. The molecular formula is C15H18F3N5. The minimum absolute atomic E-state index is 0.254. The lowest BCUT2D eigenvalue weighted by Crippen LogP contribution is -2.09. The van der Waals surface area contributed by atoms with Gasteiger partial charge in [-0.15, -0.1) is 0 Å². The summed E-state index contributed by atoms with van der Waals surface area (Å²) in [6.45, 7) is 2.77. The Bertz CT molecular complexity index is 658. The number of benzene rings is 1. The van der Waals surface area contributed by atoms with E-state index in [4.69, 9.17) is 5.73 Å². The average molecular weight is 325 g/mol. The number of alkyl halides is 3. The number of unbranched alkanes of at least 4 members (excludes halogenated alkanes) is 1. The van der Waals surface area contributed by atoms with E-state index in [0.29, 0.717) is 12.4 Å². The van der Waals surface area contributed by atoms with E-state index in [1.165, 1.54) is 18.5 Å². The fraction of sp³-hybridized carbons (Fsp3) is 0.333. The molecule has 0 unspecified atom stereocenters. The smallest absolute Gasteiger partial charge is 0.393 e. The summed E-state index contributed by atoms with van der Waals surface area (Å²) in [5, 5.41) is 5.88. The highest BCUT2D eigenvalue weighted by Gasteiger charge is 2.30. The molecule has 0 aliphatic carbocycles. The number of anilines is 4. The van der Waals surface area contributed by atoms with Crippen molar-refractivity contribution in [1.29, 1.82) is 0 Å². The minimum atomic E-state index is -4.40. The number of halogens is 3. The Morgan fingerprint density at radius 2 is 1.91 bits per heavy atom. The van der Waals surface area contributed by atoms with E-state index < -0.39 is 11.7 Å². The molecule has 0 bridgehead atoms. The van der Waals surface area contributed by atoms with Crippen molar-refractivity contribution in [3.05, 3.63) is 36.2 Å². The van der Waals surface area contributed by atoms with Crippen LogP contribution in [0.3, 0.4) is 0 Å². The Morgan fingerprint density at radius 1 is 1.17 bits per heavy atom. The first kappa shape index (κ1) is 16.9. The highest BCUT2D eigenvalue weighted by atomic mass is 19.4. The molecule has 0 atom stereocenters. The van der Waals surface area contributed by atoms with E-state index in [9.17, 15) is 13.2 Å². The maximum absolute atomic E-state index is 12.7. The molecule has 124 valence electrons. The van der Waals surface area contributed by atoms with Crippen LogP contribution in [0.1, 0.15) is 25.3 Å². The zero-order valence-corrected chi connectivity index (χ0v) is 12.6. The first-order valence-electron chi connectivity index (χ1n) is 7.20. The van der Waals surface area contributed by atoms with Gasteiger partial charge in [-0.05, 0) is 24.6 Å². The number of nitrogens with one attached hydrogen (secondary N) is 2. The van der Waals surface area contributed by atoms with Gasteiger partial charge < -0.3 is 16.4 Å². The van der Waals surface area contributed by atoms with Crippen LogP contribution in [0.15, 0.2) is 30.6 Å². The molecule has 2 aromatic rings. The van der Waals surface area contributed by atoms with E-state index in [-0.39, 0.29) is 17.2 Å². The lowest BCUT2D eigenvalue weighted by atomic mass is 10.2. The lowest BCUT2D eigenvalue weighted by Gasteiger charge is -2.13. The van der Waals surface area contributed by atoms with Crippen molar-refractivity contribution in [3.8, 4) is 0 Å². The van der Waals surface area contributed by atoms with Crippen molar-refractivity contribution >= 4 is 23.0 Å². The van der Waals surface area contributed by atoms with Gasteiger partial charge in [0.05, 0.1) is 5.56 Å². The predicted octanol–water partition coefficient (Wildman–Crippen LogP) is 4.03. The quantitative estimate of drug-likeness (QED) is 0.699. The second kappa shape index (κ2) is 7.17. The van der Waals surface area contributed by atoms with Crippen LogP contribution in [0.4, 0.5) is 36.2 Å². The second-order valence-electron chi connectivity index (χ2n) is 4.97. The van der Waals surface area contributed by atoms with Gasteiger partial charge in [0.1, 0.15) is 12.0 Å². The zero-order valence-electron chi connectivity index (χ0n) is 12.6. The molecule has 1 heterocycles. The molecule has 0 amide bonds. The Morgan fingerprint density at radius 3 is 2.61 bits per heavy atom. The standard InChI is InChI=1S/C15H18F3N5/c1-2-3-7-20-13-12(19)14(22-9-21-13)23-11-6-4-5-10(8-11)15(16,17)18/h4-6,8-9H,2-3,7,19H2,1H3,(H2,20,21,22,23). The summed E-state index contributed by atoms with van der Waals surface area (Å²) in [4.78, 5) is 8.03. The number of nitrogens with two attached hydrogens (primary N) is 1. The number of rotatable bonds is 6. The summed E-state index contributed by atoms with van der Waals surface area (Å²) < 4.78 is 38.2. The predicted molar refractivity (Wildman–Crippen MR) is 84.6 cm³/mol. The highest BCUT2D eigenvalue weighted by Crippen LogP contribution is 2.32. The number of hydrogen-bond donors (Lipinski definition) is 3. The molecule has 1 aromatic heterocycles. The summed E-state index contributed by atoms with van der Waals surface area (Å²) in [6.07, 6.45) is -1.12. The van der Waals surface area contributed by atoms with E-state index in [2.05, 4.69) is 27.5 Å². The number of aromatic nitrogens is 2. The van der Waals surface area contributed by atoms with E-state index in [1.807, 2.05) is 0 Å². The van der Waals surface area contributed by atoms with Gasteiger partial charge in [0.15, 0.2) is 11.6 Å². The normalized spacial score (nSPS) is 11.3. The lowest BCUT2D eigenvalue weighted by molar-refractivity contribution is -0.137. The van der Waals surface area contributed by atoms with E-state index >= 15 is 0 Å². The van der Waals surface area contributed by atoms with Crippen molar-refractivity contribution in [3.63, 3.8) is 0 Å². The molecule has 0 fully saturated rings. The van der Waals surface area contributed by atoms with Gasteiger partial charge in [-0.3, -0.25) is 0 Å². The summed E-state index contributed by atoms with van der Waals surface area (Å²) in [5.41, 5.74) is 5.74. The summed E-state index contributed by atoms with van der Waals surface area (Å²) in [7, 11) is 0. The average Bonchev–Trinajstić information content (AvgIpc) is 2.50. The Balaban J connectivity index is 2.19. The van der Waals surface area contributed by atoms with Crippen LogP contribution >= 0.6 is 0 Å². The van der Waals surface area contributed by atoms with Crippen LogP contribution in [-0.4, -0.2) is 16.5 Å². The highest BCUT2D eigenvalue weighted by molar-refractivity contribution is 5.77. The van der Waals surface area contributed by atoms with Crippen LogP contribution in [0.5, 0.6) is 0 Å². The Kier molecular flexibility index (Phi) is 5.25. The number of nitrogens with zero attached hydrogens (tertiary/aromatic N) is 2. The number of hydrogen-bond acceptors (Lipinski definition) is 5. The molecule has 0 saturated heterocycles. The second-order valence-corrected chi connectivity index (χ2v) is 4.97. The van der Waals surface area contributed by atoms with Gasteiger partial charge in [0, 0.05) is 12.2 Å². The summed E-state index contributed by atoms with van der Waals surface area (Å²) >= 11 is 0. The fourth-order valence-electron chi connectivity index (χ4n) is 1.93. The molecule has 1 aromatic carbocycles. The van der Waals surface area contributed by atoms with Gasteiger partial charge in [0.2, 0.25) is 0 Å². The molecule has 2 rings (SSSR count). The topological polar surface area (TPSA) is 75.9 Å². The minimum Gasteiger partial charge on any atom is -0.393 e. The Labute approximate surface area is 132 Å². The van der Waals surface area contributed by atoms with E-state index in [1.54, 1.807) is 0 Å². The van der Waals surface area contributed by atoms with Crippen LogP contribution < -0.4 is 16.4 Å². The molecule has 8 heteroatoms. The van der Waals surface area contributed by atoms with Crippen molar-refractivity contribution in [2.45, 2.75) is 25.9 Å². The van der Waals surface area contributed by atoms with E-state index in [0.717, 1.165) is 25.0 Å². The van der Waals surface area contributed by atoms with Gasteiger partial charge in [-0.1, -0.05) is 19.4 Å². The van der Waals surface area contributed by atoms with Crippen LogP contribution in [-0.2, 0) is 6.18 Å². The van der Waals surface area contributed by atoms with Gasteiger partial charge in [-0.25, -0.2) is 9.97 Å². The summed E-state index contributed by atoms with van der Waals surface area (Å²) in [5.74, 6) is 0.723. The van der Waals surface area contributed by atoms with Crippen molar-refractivity contribution in [2.24, 2.45) is 0 Å². The van der Waals surface area contributed by atoms with Crippen molar-refractivity contribution < 1.29 is 13.2 Å². The first-order valence-corrected chi connectivity index (χ1v) is 7.20. The zero-order chi connectivity index (χ0) is 16.9. The van der Waals surface area contributed by atoms with Crippen LogP contribution in [0.2, 0.25) is 0 Å². The third-order valence-electron chi connectivity index (χ3n) is 3.16. The fourth-order valence-corrected chi connectivity index (χ4v) is 1.93. The molecule has 0 radical (unpaired) electrons. The number of nitrogen functional groups attached to an aromatic ring is 1. The third kappa shape index (κ3) is 4.48. The largest absolute Gasteiger partial charge is 0.416 e. The van der Waals surface area contributed by atoms with Crippen LogP contribution in [0, 0.1) is 0 Å². The molecule has 4 N–H and O–H groups in total. The molecule has 0 spiro atoms. The Hall–Kier alpha value is -2.51. The van der Waals surface area contributed by atoms with Crippen LogP contribution in [0.25, 0.3) is 0 Å². The molecule has 0 aliphatic heterocycles. The van der Waals surface area contributed by atoms with Crippen molar-refractivity contribution in [1.82, 2.24) is 9.97 Å². The van der Waals surface area contributed by atoms with Gasteiger partial charge in [0.25, 0.3) is 0 Å². The molecule has 0 saturated carbocycles. The molecule has 0 aliphatic rings. The maximum Gasteiger partial charge on any atom is 0.416 e. The molecular weight excluding hydrogens is 307 g/mol. The molecule has 23 heavy (non-hydrogen) atoms. The third-order valence-corrected chi connectivity index (χ3v) is 3.16. The monoisotopic (exact) mass is 325 g/mol. The maximum atomic E-state index is 12.7. The van der Waals surface area contributed by atoms with Crippen molar-refractivity contribution in [2.75, 3.05) is 22.9 Å². The van der Waals surface area contributed by atoms with Gasteiger partial charge in [-0.2, -0.15) is 13.2 Å². The van der Waals surface area contributed by atoms with Gasteiger partial charge >= 0.3 is 6.18 Å². The SMILES string of the molecule is CCCCNc1ncnc(Nc2cccc(C(F)(F)F)c2)c1N. The first-order chi connectivity index (χ1) is 10.9.